The van der Waals surface area contributed by atoms with Gasteiger partial charge in [-0.3, -0.25) is 9.59 Å². The zero-order valence-electron chi connectivity index (χ0n) is 20.9. The van der Waals surface area contributed by atoms with Crippen molar-refractivity contribution < 1.29 is 28.5 Å². The van der Waals surface area contributed by atoms with Gasteiger partial charge in [-0.1, -0.05) is 31.8 Å². The first-order chi connectivity index (χ1) is 16.7. The quantitative estimate of drug-likeness (QED) is 0.124. The van der Waals surface area contributed by atoms with Gasteiger partial charge in [0, 0.05) is 32.7 Å². The van der Waals surface area contributed by atoms with Crippen LogP contribution in [0.3, 0.4) is 0 Å². The topological polar surface area (TPSA) is 102 Å². The van der Waals surface area contributed by atoms with Crippen molar-refractivity contribution in [2.24, 2.45) is 0 Å². The molecule has 2 aliphatic heterocycles. The zero-order chi connectivity index (χ0) is 24.1. The van der Waals surface area contributed by atoms with Gasteiger partial charge in [0.05, 0.1) is 26.4 Å². The number of carbonyl (C=O) groups excluding carboxylic acids is 2. The van der Waals surface area contributed by atoms with Gasteiger partial charge in [0.2, 0.25) is 11.8 Å². The summed E-state index contributed by atoms with van der Waals surface area (Å²) in [6.45, 7) is 5.96. The Kier molecular flexibility index (Phi) is 16.7. The number of nitrogens with one attached hydrogen (secondary N) is 2. The minimum absolute atomic E-state index is 0.0115. The Morgan fingerprint density at radius 2 is 1.29 bits per heavy atom. The van der Waals surface area contributed by atoms with Crippen molar-refractivity contribution >= 4 is 11.8 Å². The molecule has 0 spiro atoms. The Hall–Kier alpha value is -1.48. The SMILES string of the molecule is O=C(C=CCCCCCCCCC(=O)NCCCCOCC1CO1)NCCCCOCC1CO1. The highest BCUT2D eigenvalue weighted by atomic mass is 16.6. The molecule has 2 atom stereocenters. The van der Waals surface area contributed by atoms with Crippen LogP contribution in [-0.2, 0) is 28.5 Å². The van der Waals surface area contributed by atoms with E-state index in [9.17, 15) is 9.59 Å². The fraction of sp³-hybridized carbons (Fsp3) is 0.846. The first kappa shape index (κ1) is 28.8. The molecule has 2 rings (SSSR count). The van der Waals surface area contributed by atoms with E-state index in [1.807, 2.05) is 6.08 Å². The van der Waals surface area contributed by atoms with Gasteiger partial charge >= 0.3 is 0 Å². The van der Waals surface area contributed by atoms with E-state index in [-0.39, 0.29) is 11.8 Å². The average Bonchev–Trinajstić information content (AvgIpc) is 3.74. The van der Waals surface area contributed by atoms with E-state index in [1.165, 1.54) is 12.8 Å². The summed E-state index contributed by atoms with van der Waals surface area (Å²) in [7, 11) is 0. The van der Waals surface area contributed by atoms with E-state index in [4.69, 9.17) is 18.9 Å². The monoisotopic (exact) mass is 482 g/mol. The molecule has 2 amide bonds. The van der Waals surface area contributed by atoms with Crippen LogP contribution in [0.1, 0.15) is 77.0 Å². The lowest BCUT2D eigenvalue weighted by Gasteiger charge is -2.06. The lowest BCUT2D eigenvalue weighted by atomic mass is 10.1. The van der Waals surface area contributed by atoms with Crippen molar-refractivity contribution in [1.29, 1.82) is 0 Å². The minimum Gasteiger partial charge on any atom is -0.379 e. The first-order valence-electron chi connectivity index (χ1n) is 13.3. The van der Waals surface area contributed by atoms with Crippen LogP contribution in [0.15, 0.2) is 12.2 Å². The van der Waals surface area contributed by atoms with Gasteiger partial charge in [0.15, 0.2) is 0 Å². The van der Waals surface area contributed by atoms with Gasteiger partial charge in [-0.05, 0) is 51.0 Å². The third kappa shape index (κ3) is 18.9. The number of rotatable bonds is 24. The molecule has 0 aromatic heterocycles. The summed E-state index contributed by atoms with van der Waals surface area (Å²) >= 11 is 0. The molecular formula is C26H46N2O6. The van der Waals surface area contributed by atoms with Crippen molar-refractivity contribution in [2.45, 2.75) is 89.3 Å². The molecule has 0 aliphatic carbocycles. The Balaban J connectivity index is 1.23. The Morgan fingerprint density at radius 3 is 1.91 bits per heavy atom. The standard InChI is InChI=1S/C26H46N2O6/c29-25(27-15-9-11-17-31-19-23-21-33-23)13-7-5-3-1-2-4-6-8-14-26(30)28-16-10-12-18-32-20-24-22-34-24/h7,13,23-24H,1-6,8-12,14-22H2,(H,27,29)(H,28,30). The van der Waals surface area contributed by atoms with Gasteiger partial charge < -0.3 is 29.6 Å². The predicted molar refractivity (Wildman–Crippen MR) is 132 cm³/mol. The molecule has 0 radical (unpaired) electrons. The molecule has 2 aliphatic rings. The van der Waals surface area contributed by atoms with Crippen LogP contribution in [0.25, 0.3) is 0 Å². The van der Waals surface area contributed by atoms with Crippen molar-refractivity contribution in [1.82, 2.24) is 10.6 Å². The maximum Gasteiger partial charge on any atom is 0.243 e. The number of hydrogen-bond donors (Lipinski definition) is 2. The largest absolute Gasteiger partial charge is 0.379 e. The molecule has 2 N–H and O–H groups in total. The molecule has 0 aromatic rings. The van der Waals surface area contributed by atoms with E-state index < -0.39 is 0 Å². The molecule has 0 aromatic carbocycles. The second-order valence-electron chi connectivity index (χ2n) is 9.18. The van der Waals surface area contributed by atoms with Crippen LogP contribution in [0.5, 0.6) is 0 Å². The fourth-order valence-electron chi connectivity index (χ4n) is 3.45. The second kappa shape index (κ2) is 19.8. The Morgan fingerprint density at radius 1 is 0.735 bits per heavy atom. The van der Waals surface area contributed by atoms with Gasteiger partial charge in [-0.15, -0.1) is 0 Å². The van der Waals surface area contributed by atoms with E-state index in [0.717, 1.165) is 90.8 Å². The molecule has 8 heteroatoms. The summed E-state index contributed by atoms with van der Waals surface area (Å²) in [4.78, 5) is 23.6. The molecule has 2 heterocycles. The van der Waals surface area contributed by atoms with Crippen molar-refractivity contribution in [3.63, 3.8) is 0 Å². The van der Waals surface area contributed by atoms with Crippen molar-refractivity contribution in [3.8, 4) is 0 Å². The summed E-state index contributed by atoms with van der Waals surface area (Å²) < 4.78 is 21.1. The number of allylic oxidation sites excluding steroid dienone is 1. The summed E-state index contributed by atoms with van der Waals surface area (Å²) in [6, 6.07) is 0. The van der Waals surface area contributed by atoms with Crippen molar-refractivity contribution in [3.05, 3.63) is 12.2 Å². The molecule has 0 bridgehead atoms. The molecule has 196 valence electrons. The average molecular weight is 483 g/mol. The number of ether oxygens (including phenoxy) is 4. The van der Waals surface area contributed by atoms with Gasteiger partial charge in [-0.2, -0.15) is 0 Å². The summed E-state index contributed by atoms with van der Waals surface area (Å²) in [5.74, 6) is 0.148. The number of epoxide rings is 2. The molecule has 0 saturated carbocycles. The molecular weight excluding hydrogens is 436 g/mol. The van der Waals surface area contributed by atoms with Crippen LogP contribution in [0.4, 0.5) is 0 Å². The van der Waals surface area contributed by atoms with Crippen LogP contribution >= 0.6 is 0 Å². The highest BCUT2D eigenvalue weighted by Crippen LogP contribution is 2.10. The fourth-order valence-corrected chi connectivity index (χ4v) is 3.45. The van der Waals surface area contributed by atoms with Gasteiger partial charge in [0.25, 0.3) is 0 Å². The maximum atomic E-state index is 11.8. The van der Waals surface area contributed by atoms with Crippen LogP contribution in [0, 0.1) is 0 Å². The van der Waals surface area contributed by atoms with E-state index in [0.29, 0.717) is 38.4 Å². The smallest absolute Gasteiger partial charge is 0.243 e. The molecule has 34 heavy (non-hydrogen) atoms. The van der Waals surface area contributed by atoms with Crippen LogP contribution in [0.2, 0.25) is 0 Å². The molecule has 2 saturated heterocycles. The van der Waals surface area contributed by atoms with E-state index >= 15 is 0 Å². The van der Waals surface area contributed by atoms with Gasteiger partial charge in [-0.25, -0.2) is 0 Å². The number of hydrogen-bond acceptors (Lipinski definition) is 6. The number of carbonyl (C=O) groups is 2. The highest BCUT2D eigenvalue weighted by Gasteiger charge is 2.22. The molecule has 8 nitrogen and oxygen atoms in total. The summed E-state index contributed by atoms with van der Waals surface area (Å²) in [5, 5.41) is 5.90. The third-order valence-electron chi connectivity index (χ3n) is 5.76. The maximum absolute atomic E-state index is 11.8. The molecule has 2 unspecified atom stereocenters. The Labute approximate surface area is 205 Å². The third-order valence-corrected chi connectivity index (χ3v) is 5.76. The van der Waals surface area contributed by atoms with E-state index in [2.05, 4.69) is 10.6 Å². The lowest BCUT2D eigenvalue weighted by Crippen LogP contribution is -2.24. The lowest BCUT2D eigenvalue weighted by molar-refractivity contribution is -0.121. The normalized spacial score (nSPS) is 18.8. The van der Waals surface area contributed by atoms with Crippen LogP contribution < -0.4 is 10.6 Å². The van der Waals surface area contributed by atoms with Gasteiger partial charge in [0.1, 0.15) is 12.2 Å². The summed E-state index contributed by atoms with van der Waals surface area (Å²) in [5.41, 5.74) is 0. The first-order valence-corrected chi connectivity index (χ1v) is 13.3. The number of unbranched alkanes of at least 4 members (excludes halogenated alkanes) is 8. The Bertz CT molecular complexity index is 563. The molecule has 2 fully saturated rings. The summed E-state index contributed by atoms with van der Waals surface area (Å²) in [6.07, 6.45) is 16.3. The van der Waals surface area contributed by atoms with Crippen LogP contribution in [-0.4, -0.2) is 76.8 Å². The zero-order valence-corrected chi connectivity index (χ0v) is 20.9. The predicted octanol–water partition coefficient (Wildman–Crippen LogP) is 3.29. The van der Waals surface area contributed by atoms with E-state index in [1.54, 1.807) is 6.08 Å². The highest BCUT2D eigenvalue weighted by molar-refractivity contribution is 5.87. The second-order valence-corrected chi connectivity index (χ2v) is 9.18. The van der Waals surface area contributed by atoms with Crippen molar-refractivity contribution in [2.75, 3.05) is 52.7 Å². The number of amides is 2. The minimum atomic E-state index is -0.0115.